The Balaban J connectivity index is 2.57. The van der Waals surface area contributed by atoms with Crippen molar-refractivity contribution in [3.8, 4) is 0 Å². The third-order valence-corrected chi connectivity index (χ3v) is 2.69. The average Bonchev–Trinajstić information content (AvgIpc) is 2.18. The fourth-order valence-corrected chi connectivity index (χ4v) is 1.72. The zero-order chi connectivity index (χ0) is 13.1. The minimum Gasteiger partial charge on any atom is -0.312 e. The van der Waals surface area contributed by atoms with Gasteiger partial charge in [-0.05, 0) is 50.3 Å². The predicted octanol–water partition coefficient (Wildman–Crippen LogP) is 3.78. The van der Waals surface area contributed by atoms with E-state index in [9.17, 15) is 4.39 Å². The standard InChI is InChI=1S/C15H24FN/c1-14(2,3)17-11-15(4,5)10-12-6-8-13(16)9-7-12/h6-9,17H,10-11H2,1-5H3. The summed E-state index contributed by atoms with van der Waals surface area (Å²) in [5.74, 6) is -0.167. The van der Waals surface area contributed by atoms with Crippen molar-refractivity contribution in [1.82, 2.24) is 5.32 Å². The summed E-state index contributed by atoms with van der Waals surface area (Å²) in [6, 6.07) is 6.80. The van der Waals surface area contributed by atoms with E-state index in [1.54, 1.807) is 0 Å². The normalized spacial score (nSPS) is 12.8. The van der Waals surface area contributed by atoms with Gasteiger partial charge in [0.2, 0.25) is 0 Å². The maximum Gasteiger partial charge on any atom is 0.123 e. The van der Waals surface area contributed by atoms with Gasteiger partial charge in [-0.3, -0.25) is 0 Å². The molecule has 0 bridgehead atoms. The molecule has 0 aliphatic heterocycles. The highest BCUT2D eigenvalue weighted by molar-refractivity contribution is 5.17. The molecule has 1 aromatic carbocycles. The Morgan fingerprint density at radius 2 is 1.53 bits per heavy atom. The molecule has 1 aromatic rings. The smallest absolute Gasteiger partial charge is 0.123 e. The van der Waals surface area contributed by atoms with Crippen molar-refractivity contribution in [1.29, 1.82) is 0 Å². The number of benzene rings is 1. The first-order chi connectivity index (χ1) is 7.68. The molecular formula is C15H24FN. The van der Waals surface area contributed by atoms with Crippen LogP contribution in [-0.4, -0.2) is 12.1 Å². The van der Waals surface area contributed by atoms with Crippen molar-refractivity contribution in [2.75, 3.05) is 6.54 Å². The molecule has 0 atom stereocenters. The topological polar surface area (TPSA) is 12.0 Å². The third kappa shape index (κ3) is 5.83. The molecular weight excluding hydrogens is 213 g/mol. The van der Waals surface area contributed by atoms with Gasteiger partial charge in [-0.25, -0.2) is 4.39 Å². The first kappa shape index (κ1) is 14.2. The van der Waals surface area contributed by atoms with Crippen LogP contribution in [0.2, 0.25) is 0 Å². The van der Waals surface area contributed by atoms with Crippen molar-refractivity contribution >= 4 is 0 Å². The van der Waals surface area contributed by atoms with Crippen LogP contribution in [0.15, 0.2) is 24.3 Å². The number of halogens is 1. The minimum absolute atomic E-state index is 0.139. The predicted molar refractivity (Wildman–Crippen MR) is 71.6 cm³/mol. The molecule has 0 saturated carbocycles. The number of hydrogen-bond acceptors (Lipinski definition) is 1. The van der Waals surface area contributed by atoms with Gasteiger partial charge in [0.1, 0.15) is 5.82 Å². The Kier molecular flexibility index (Phi) is 4.31. The van der Waals surface area contributed by atoms with E-state index >= 15 is 0 Å². The van der Waals surface area contributed by atoms with Crippen LogP contribution in [0.4, 0.5) is 4.39 Å². The monoisotopic (exact) mass is 237 g/mol. The average molecular weight is 237 g/mol. The van der Waals surface area contributed by atoms with E-state index in [1.807, 2.05) is 12.1 Å². The van der Waals surface area contributed by atoms with Gasteiger partial charge in [-0.1, -0.05) is 26.0 Å². The molecule has 0 aliphatic rings. The lowest BCUT2D eigenvalue weighted by molar-refractivity contribution is 0.289. The lowest BCUT2D eigenvalue weighted by Gasteiger charge is -2.30. The fraction of sp³-hybridized carbons (Fsp3) is 0.600. The highest BCUT2D eigenvalue weighted by Crippen LogP contribution is 2.22. The van der Waals surface area contributed by atoms with Gasteiger partial charge in [0.05, 0.1) is 0 Å². The molecule has 1 nitrogen and oxygen atoms in total. The molecule has 0 aliphatic carbocycles. The van der Waals surface area contributed by atoms with Crippen LogP contribution in [0.1, 0.15) is 40.2 Å². The van der Waals surface area contributed by atoms with E-state index in [2.05, 4.69) is 39.9 Å². The maximum absolute atomic E-state index is 12.8. The SMILES string of the molecule is CC(C)(CNC(C)(C)C)Cc1ccc(F)cc1. The zero-order valence-corrected chi connectivity index (χ0v) is 11.6. The van der Waals surface area contributed by atoms with E-state index in [1.165, 1.54) is 17.7 Å². The number of hydrogen-bond donors (Lipinski definition) is 1. The summed E-state index contributed by atoms with van der Waals surface area (Å²) in [6.45, 7) is 11.9. The van der Waals surface area contributed by atoms with Gasteiger partial charge >= 0.3 is 0 Å². The molecule has 0 spiro atoms. The van der Waals surface area contributed by atoms with Crippen LogP contribution < -0.4 is 5.32 Å². The molecule has 0 unspecified atom stereocenters. The summed E-state index contributed by atoms with van der Waals surface area (Å²) in [4.78, 5) is 0. The second kappa shape index (κ2) is 5.18. The molecule has 0 fully saturated rings. The van der Waals surface area contributed by atoms with E-state index in [0.717, 1.165) is 13.0 Å². The minimum atomic E-state index is -0.167. The summed E-state index contributed by atoms with van der Waals surface area (Å²) in [5.41, 5.74) is 1.50. The molecule has 0 radical (unpaired) electrons. The highest BCUT2D eigenvalue weighted by Gasteiger charge is 2.21. The molecule has 0 saturated heterocycles. The fourth-order valence-electron chi connectivity index (χ4n) is 1.72. The van der Waals surface area contributed by atoms with Crippen molar-refractivity contribution in [3.05, 3.63) is 35.6 Å². The molecule has 17 heavy (non-hydrogen) atoms. The van der Waals surface area contributed by atoms with Crippen LogP contribution in [0.25, 0.3) is 0 Å². The second-order valence-corrected chi connectivity index (χ2v) is 6.57. The van der Waals surface area contributed by atoms with Crippen molar-refractivity contribution in [3.63, 3.8) is 0 Å². The van der Waals surface area contributed by atoms with E-state index in [-0.39, 0.29) is 16.8 Å². The van der Waals surface area contributed by atoms with E-state index in [0.29, 0.717) is 0 Å². The van der Waals surface area contributed by atoms with Crippen LogP contribution in [0.5, 0.6) is 0 Å². The van der Waals surface area contributed by atoms with Crippen molar-refractivity contribution in [2.45, 2.75) is 46.6 Å². The Labute approximate surface area is 104 Å². The van der Waals surface area contributed by atoms with Crippen molar-refractivity contribution in [2.24, 2.45) is 5.41 Å². The first-order valence-electron chi connectivity index (χ1n) is 6.17. The Morgan fingerprint density at radius 1 is 1.00 bits per heavy atom. The first-order valence-corrected chi connectivity index (χ1v) is 6.17. The molecule has 0 heterocycles. The number of rotatable bonds is 4. The Morgan fingerprint density at radius 3 is 2.00 bits per heavy atom. The summed E-state index contributed by atoms with van der Waals surface area (Å²) in [6.07, 6.45) is 0.955. The van der Waals surface area contributed by atoms with Gasteiger partial charge in [0, 0.05) is 12.1 Å². The summed E-state index contributed by atoms with van der Waals surface area (Å²) in [7, 11) is 0. The van der Waals surface area contributed by atoms with Gasteiger partial charge in [-0.2, -0.15) is 0 Å². The molecule has 96 valence electrons. The lowest BCUT2D eigenvalue weighted by Crippen LogP contribution is -2.42. The highest BCUT2D eigenvalue weighted by atomic mass is 19.1. The lowest BCUT2D eigenvalue weighted by atomic mass is 9.85. The molecule has 0 aromatic heterocycles. The summed E-state index contributed by atoms with van der Waals surface area (Å²) >= 11 is 0. The van der Waals surface area contributed by atoms with Crippen LogP contribution in [0, 0.1) is 11.2 Å². The van der Waals surface area contributed by atoms with Gasteiger partial charge in [-0.15, -0.1) is 0 Å². The quantitative estimate of drug-likeness (QED) is 0.840. The van der Waals surface area contributed by atoms with Crippen LogP contribution >= 0.6 is 0 Å². The van der Waals surface area contributed by atoms with E-state index in [4.69, 9.17) is 0 Å². The van der Waals surface area contributed by atoms with Crippen LogP contribution in [0.3, 0.4) is 0 Å². The van der Waals surface area contributed by atoms with Gasteiger partial charge < -0.3 is 5.32 Å². The van der Waals surface area contributed by atoms with Gasteiger partial charge in [0.15, 0.2) is 0 Å². The molecule has 1 rings (SSSR count). The second-order valence-electron chi connectivity index (χ2n) is 6.57. The number of nitrogens with one attached hydrogen (secondary N) is 1. The molecule has 0 amide bonds. The maximum atomic E-state index is 12.8. The Hall–Kier alpha value is -0.890. The van der Waals surface area contributed by atoms with Crippen molar-refractivity contribution < 1.29 is 4.39 Å². The van der Waals surface area contributed by atoms with E-state index < -0.39 is 0 Å². The largest absolute Gasteiger partial charge is 0.312 e. The van der Waals surface area contributed by atoms with Crippen LogP contribution in [-0.2, 0) is 6.42 Å². The Bertz CT molecular complexity index is 346. The third-order valence-electron chi connectivity index (χ3n) is 2.69. The zero-order valence-electron chi connectivity index (χ0n) is 11.6. The summed E-state index contributed by atoms with van der Waals surface area (Å²) < 4.78 is 12.8. The molecule has 2 heteroatoms. The summed E-state index contributed by atoms with van der Waals surface area (Å²) in [5, 5.41) is 3.52. The molecule has 1 N–H and O–H groups in total. The van der Waals surface area contributed by atoms with Gasteiger partial charge in [0.25, 0.3) is 0 Å².